The predicted molar refractivity (Wildman–Crippen MR) is 64.5 cm³/mol. The zero-order valence-corrected chi connectivity index (χ0v) is 10.2. The molecular formula is C13H17NO3. The zero-order chi connectivity index (χ0) is 12.4. The monoisotopic (exact) mass is 235 g/mol. The van der Waals surface area contributed by atoms with Crippen LogP contribution in [0.15, 0.2) is 12.1 Å². The molecule has 4 nitrogen and oxygen atoms in total. The quantitative estimate of drug-likeness (QED) is 0.809. The molecule has 2 N–H and O–H groups in total. The lowest BCUT2D eigenvalue weighted by Gasteiger charge is -2.10. The number of rotatable bonds is 4. The SMILES string of the molecule is Cc1cc2c(cc1C(=O)CC(C)CN)OCO2. The second-order valence-corrected chi connectivity index (χ2v) is 4.49. The molecule has 1 aromatic carbocycles. The second kappa shape index (κ2) is 4.75. The normalized spacial score (nSPS) is 14.8. The van der Waals surface area contributed by atoms with Crippen molar-refractivity contribution in [1.29, 1.82) is 0 Å². The highest BCUT2D eigenvalue weighted by Gasteiger charge is 2.19. The van der Waals surface area contributed by atoms with E-state index in [9.17, 15) is 4.79 Å². The fourth-order valence-corrected chi connectivity index (χ4v) is 1.85. The molecule has 0 bridgehead atoms. The van der Waals surface area contributed by atoms with Gasteiger partial charge in [0.15, 0.2) is 17.3 Å². The smallest absolute Gasteiger partial charge is 0.231 e. The minimum Gasteiger partial charge on any atom is -0.454 e. The summed E-state index contributed by atoms with van der Waals surface area (Å²) in [6, 6.07) is 3.62. The molecule has 1 unspecified atom stereocenters. The first-order chi connectivity index (χ1) is 8.11. The van der Waals surface area contributed by atoms with Crippen molar-refractivity contribution in [2.75, 3.05) is 13.3 Å². The summed E-state index contributed by atoms with van der Waals surface area (Å²) in [6.07, 6.45) is 0.469. The Balaban J connectivity index is 2.23. The summed E-state index contributed by atoms with van der Waals surface area (Å²) in [6.45, 7) is 4.63. The van der Waals surface area contributed by atoms with Crippen molar-refractivity contribution in [1.82, 2.24) is 0 Å². The van der Waals surface area contributed by atoms with E-state index < -0.39 is 0 Å². The van der Waals surface area contributed by atoms with Crippen LogP contribution in [0, 0.1) is 12.8 Å². The molecule has 92 valence electrons. The fraction of sp³-hybridized carbons (Fsp3) is 0.462. The van der Waals surface area contributed by atoms with Gasteiger partial charge in [-0.15, -0.1) is 0 Å². The summed E-state index contributed by atoms with van der Waals surface area (Å²) in [5, 5.41) is 0. The Morgan fingerprint density at radius 1 is 1.41 bits per heavy atom. The van der Waals surface area contributed by atoms with Crippen LogP contribution in [0.1, 0.15) is 29.3 Å². The molecule has 0 saturated carbocycles. The largest absolute Gasteiger partial charge is 0.454 e. The van der Waals surface area contributed by atoms with Gasteiger partial charge < -0.3 is 15.2 Å². The maximum atomic E-state index is 12.1. The third-order valence-electron chi connectivity index (χ3n) is 2.96. The van der Waals surface area contributed by atoms with Crippen molar-refractivity contribution in [2.24, 2.45) is 11.7 Å². The van der Waals surface area contributed by atoms with E-state index in [4.69, 9.17) is 15.2 Å². The van der Waals surface area contributed by atoms with Gasteiger partial charge in [-0.05, 0) is 37.1 Å². The number of hydrogen-bond donors (Lipinski definition) is 1. The van der Waals surface area contributed by atoms with Crippen molar-refractivity contribution >= 4 is 5.78 Å². The molecule has 0 spiro atoms. The van der Waals surface area contributed by atoms with Gasteiger partial charge in [0, 0.05) is 12.0 Å². The third-order valence-corrected chi connectivity index (χ3v) is 2.96. The number of benzene rings is 1. The highest BCUT2D eigenvalue weighted by atomic mass is 16.7. The molecule has 1 heterocycles. The Kier molecular flexibility index (Phi) is 3.33. The van der Waals surface area contributed by atoms with Gasteiger partial charge >= 0.3 is 0 Å². The first kappa shape index (κ1) is 11.9. The van der Waals surface area contributed by atoms with E-state index in [1.54, 1.807) is 6.07 Å². The minimum absolute atomic E-state index is 0.110. The molecule has 2 rings (SSSR count). The third kappa shape index (κ3) is 2.42. The van der Waals surface area contributed by atoms with Crippen LogP contribution in [0.2, 0.25) is 0 Å². The number of carbonyl (C=O) groups excluding carboxylic acids is 1. The standard InChI is InChI=1S/C13H17NO3/c1-8(6-14)3-11(15)10-5-13-12(4-9(10)2)16-7-17-13/h4-5,8H,3,6-7,14H2,1-2H3. The number of ether oxygens (including phenoxy) is 2. The minimum atomic E-state index is 0.110. The number of nitrogens with two attached hydrogens (primary N) is 1. The average molecular weight is 235 g/mol. The van der Waals surface area contributed by atoms with Gasteiger partial charge in [-0.1, -0.05) is 6.92 Å². The summed E-state index contributed by atoms with van der Waals surface area (Å²) in [4.78, 5) is 12.1. The first-order valence-corrected chi connectivity index (χ1v) is 5.75. The molecule has 1 aliphatic heterocycles. The van der Waals surface area contributed by atoms with Gasteiger partial charge in [0.05, 0.1) is 0 Å². The van der Waals surface area contributed by atoms with Crippen molar-refractivity contribution in [2.45, 2.75) is 20.3 Å². The van der Waals surface area contributed by atoms with E-state index >= 15 is 0 Å². The van der Waals surface area contributed by atoms with E-state index in [0.29, 0.717) is 30.0 Å². The lowest BCUT2D eigenvalue weighted by molar-refractivity contribution is 0.0965. The number of Topliss-reactive ketones (excluding diaryl/α,β-unsaturated/α-hetero) is 1. The summed E-state index contributed by atoms with van der Waals surface area (Å²) in [5.74, 6) is 1.68. The first-order valence-electron chi connectivity index (χ1n) is 5.75. The highest BCUT2D eigenvalue weighted by Crippen LogP contribution is 2.35. The van der Waals surface area contributed by atoms with Crippen molar-refractivity contribution < 1.29 is 14.3 Å². The Bertz CT molecular complexity index is 443. The number of fused-ring (bicyclic) bond motifs is 1. The van der Waals surface area contributed by atoms with Crippen LogP contribution >= 0.6 is 0 Å². The summed E-state index contributed by atoms with van der Waals surface area (Å²) < 4.78 is 10.5. The lowest BCUT2D eigenvalue weighted by atomic mass is 9.96. The van der Waals surface area contributed by atoms with E-state index in [2.05, 4.69) is 0 Å². The molecule has 0 amide bonds. The Hall–Kier alpha value is -1.55. The Morgan fingerprint density at radius 2 is 2.06 bits per heavy atom. The van der Waals surface area contributed by atoms with Gasteiger partial charge in [-0.3, -0.25) is 4.79 Å². The summed E-state index contributed by atoms with van der Waals surface area (Å²) in [7, 11) is 0. The number of hydrogen-bond acceptors (Lipinski definition) is 4. The summed E-state index contributed by atoms with van der Waals surface area (Å²) in [5.41, 5.74) is 7.15. The second-order valence-electron chi connectivity index (χ2n) is 4.49. The van der Waals surface area contributed by atoms with Gasteiger partial charge in [-0.25, -0.2) is 0 Å². The molecule has 0 radical (unpaired) electrons. The van der Waals surface area contributed by atoms with Gasteiger partial charge in [0.1, 0.15) is 0 Å². The Morgan fingerprint density at radius 3 is 2.71 bits per heavy atom. The van der Waals surface area contributed by atoms with Crippen molar-refractivity contribution in [3.8, 4) is 11.5 Å². The lowest BCUT2D eigenvalue weighted by Crippen LogP contribution is -2.15. The molecule has 0 aromatic heterocycles. The van der Waals surface area contributed by atoms with Crippen LogP contribution in [0.25, 0.3) is 0 Å². The van der Waals surface area contributed by atoms with Crippen LogP contribution in [-0.4, -0.2) is 19.1 Å². The molecular weight excluding hydrogens is 218 g/mol. The van der Waals surface area contributed by atoms with Crippen LogP contribution in [0.3, 0.4) is 0 Å². The summed E-state index contributed by atoms with van der Waals surface area (Å²) >= 11 is 0. The predicted octanol–water partition coefficient (Wildman–Crippen LogP) is 1.89. The van der Waals surface area contributed by atoms with Crippen molar-refractivity contribution in [3.05, 3.63) is 23.3 Å². The molecule has 17 heavy (non-hydrogen) atoms. The highest BCUT2D eigenvalue weighted by molar-refractivity contribution is 5.98. The number of aryl methyl sites for hydroxylation is 1. The number of carbonyl (C=O) groups is 1. The van der Waals surface area contributed by atoms with Crippen LogP contribution in [0.5, 0.6) is 11.5 Å². The van der Waals surface area contributed by atoms with Gasteiger partial charge in [0.2, 0.25) is 6.79 Å². The molecule has 1 atom stereocenters. The zero-order valence-electron chi connectivity index (χ0n) is 10.2. The average Bonchev–Trinajstić information content (AvgIpc) is 2.74. The maximum absolute atomic E-state index is 12.1. The van der Waals surface area contributed by atoms with Gasteiger partial charge in [-0.2, -0.15) is 0 Å². The van der Waals surface area contributed by atoms with E-state index in [1.165, 1.54) is 0 Å². The number of ketones is 1. The Labute approximate surface area is 101 Å². The van der Waals surface area contributed by atoms with Crippen LogP contribution in [-0.2, 0) is 0 Å². The molecule has 0 fully saturated rings. The van der Waals surface area contributed by atoms with E-state index in [0.717, 1.165) is 5.56 Å². The molecule has 1 aromatic rings. The fourth-order valence-electron chi connectivity index (χ4n) is 1.85. The molecule has 0 saturated heterocycles. The molecule has 4 heteroatoms. The maximum Gasteiger partial charge on any atom is 0.231 e. The van der Waals surface area contributed by atoms with Gasteiger partial charge in [0.25, 0.3) is 0 Å². The molecule has 1 aliphatic rings. The van der Waals surface area contributed by atoms with Crippen molar-refractivity contribution in [3.63, 3.8) is 0 Å². The van der Waals surface area contributed by atoms with Crippen LogP contribution in [0.4, 0.5) is 0 Å². The molecule has 0 aliphatic carbocycles. The van der Waals surface area contributed by atoms with E-state index in [-0.39, 0.29) is 18.5 Å². The van der Waals surface area contributed by atoms with E-state index in [1.807, 2.05) is 19.9 Å². The van der Waals surface area contributed by atoms with Crippen LogP contribution < -0.4 is 15.2 Å². The topological polar surface area (TPSA) is 61.6 Å².